The molecule has 4 aromatic rings. The van der Waals surface area contributed by atoms with Crippen molar-refractivity contribution in [3.63, 3.8) is 0 Å². The molecule has 2 heterocycles. The van der Waals surface area contributed by atoms with Crippen LogP contribution >= 0.6 is 11.5 Å². The number of fused-ring (bicyclic) bond motifs is 1. The summed E-state index contributed by atoms with van der Waals surface area (Å²) < 4.78 is 4.44. The zero-order chi connectivity index (χ0) is 15.6. The van der Waals surface area contributed by atoms with Crippen molar-refractivity contribution in [2.24, 2.45) is 0 Å². The summed E-state index contributed by atoms with van der Waals surface area (Å²) in [4.78, 5) is 9.49. The summed E-state index contributed by atoms with van der Waals surface area (Å²) in [5.41, 5.74) is 5.44. The Kier molecular flexibility index (Phi) is 3.48. The van der Waals surface area contributed by atoms with Crippen molar-refractivity contribution in [2.45, 2.75) is 6.92 Å². The van der Waals surface area contributed by atoms with Gasteiger partial charge in [0, 0.05) is 18.1 Å². The highest BCUT2D eigenvalue weighted by molar-refractivity contribution is 7.13. The molecule has 4 rings (SSSR count). The molecule has 0 radical (unpaired) electrons. The first-order valence-electron chi connectivity index (χ1n) is 7.31. The third kappa shape index (κ3) is 2.55. The van der Waals surface area contributed by atoms with Crippen LogP contribution in [0.4, 0.5) is 11.5 Å². The molecule has 0 unspecified atom stereocenters. The van der Waals surface area contributed by atoms with Gasteiger partial charge in [-0.3, -0.25) is 0 Å². The molecule has 112 valence electrons. The van der Waals surface area contributed by atoms with Crippen LogP contribution < -0.4 is 5.32 Å². The monoisotopic (exact) mass is 318 g/mol. The fourth-order valence-electron chi connectivity index (χ4n) is 2.60. The molecule has 0 fully saturated rings. The first-order chi connectivity index (χ1) is 11.3. The zero-order valence-electron chi connectivity index (χ0n) is 12.5. The lowest BCUT2D eigenvalue weighted by molar-refractivity contribution is 1.31. The second-order valence-electron chi connectivity index (χ2n) is 5.21. The van der Waals surface area contributed by atoms with Crippen molar-refractivity contribution in [1.29, 1.82) is 0 Å². The number of hydrogen-bond donors (Lipinski definition) is 1. The van der Waals surface area contributed by atoms with E-state index in [1.54, 1.807) is 12.4 Å². The largest absolute Gasteiger partial charge is 0.337 e. The van der Waals surface area contributed by atoms with Gasteiger partial charge in [0.25, 0.3) is 0 Å². The van der Waals surface area contributed by atoms with E-state index in [9.17, 15) is 0 Å². The Hall–Kier alpha value is -2.79. The van der Waals surface area contributed by atoms with Crippen LogP contribution in [0.15, 0.2) is 60.9 Å². The maximum Gasteiger partial charge on any atom is 0.172 e. The van der Waals surface area contributed by atoms with Gasteiger partial charge in [-0.15, -0.1) is 0 Å². The van der Waals surface area contributed by atoms with Gasteiger partial charge in [0.2, 0.25) is 0 Å². The summed E-state index contributed by atoms with van der Waals surface area (Å²) in [6, 6.07) is 16.6. The maximum absolute atomic E-state index is 4.44. The van der Waals surface area contributed by atoms with Crippen LogP contribution in [0, 0.1) is 6.92 Å². The van der Waals surface area contributed by atoms with Crippen molar-refractivity contribution >= 4 is 33.4 Å². The molecule has 0 atom stereocenters. The molecule has 0 saturated heterocycles. The van der Waals surface area contributed by atoms with Gasteiger partial charge in [-0.2, -0.15) is 4.37 Å². The quantitative estimate of drug-likeness (QED) is 0.589. The van der Waals surface area contributed by atoms with Crippen molar-refractivity contribution in [3.05, 3.63) is 66.5 Å². The first kappa shape index (κ1) is 13.8. The second-order valence-corrected chi connectivity index (χ2v) is 5.96. The van der Waals surface area contributed by atoms with Gasteiger partial charge < -0.3 is 5.32 Å². The fraction of sp³-hybridized carbons (Fsp3) is 0.0556. The Morgan fingerprint density at radius 2 is 1.74 bits per heavy atom. The van der Waals surface area contributed by atoms with Gasteiger partial charge in [-0.25, -0.2) is 9.97 Å². The van der Waals surface area contributed by atoms with Crippen LogP contribution in [0.3, 0.4) is 0 Å². The minimum absolute atomic E-state index is 0.756. The van der Waals surface area contributed by atoms with E-state index < -0.39 is 0 Å². The van der Waals surface area contributed by atoms with Crippen LogP contribution in [0.1, 0.15) is 5.56 Å². The topological polar surface area (TPSA) is 50.7 Å². The molecule has 0 aliphatic carbocycles. The molecule has 0 saturated carbocycles. The number of anilines is 2. The Labute approximate surface area is 138 Å². The van der Waals surface area contributed by atoms with Gasteiger partial charge in [0.05, 0.1) is 0 Å². The van der Waals surface area contributed by atoms with E-state index >= 15 is 0 Å². The van der Waals surface area contributed by atoms with E-state index in [0.717, 1.165) is 21.9 Å². The lowest BCUT2D eigenvalue weighted by atomic mass is 9.99. The highest BCUT2D eigenvalue weighted by atomic mass is 32.1. The highest BCUT2D eigenvalue weighted by Crippen LogP contribution is 2.32. The highest BCUT2D eigenvalue weighted by Gasteiger charge is 2.11. The van der Waals surface area contributed by atoms with Gasteiger partial charge in [0.15, 0.2) is 10.6 Å². The molecule has 0 spiro atoms. The van der Waals surface area contributed by atoms with Crippen LogP contribution in [-0.4, -0.2) is 14.3 Å². The number of nitrogens with zero attached hydrogens (tertiary/aromatic N) is 3. The summed E-state index contributed by atoms with van der Waals surface area (Å²) in [6.07, 6.45) is 3.38. The van der Waals surface area contributed by atoms with Crippen molar-refractivity contribution < 1.29 is 0 Å². The minimum Gasteiger partial charge on any atom is -0.337 e. The molecule has 0 aliphatic heterocycles. The maximum atomic E-state index is 4.44. The number of benzene rings is 2. The summed E-state index contributed by atoms with van der Waals surface area (Å²) >= 11 is 1.35. The molecular formula is C18H14N4S. The second kappa shape index (κ2) is 5.78. The Balaban J connectivity index is 1.76. The lowest BCUT2D eigenvalue weighted by Gasteiger charge is -2.12. The van der Waals surface area contributed by atoms with Crippen LogP contribution in [0.25, 0.3) is 21.5 Å². The molecule has 5 heteroatoms. The van der Waals surface area contributed by atoms with Crippen molar-refractivity contribution in [1.82, 2.24) is 14.3 Å². The summed E-state index contributed by atoms with van der Waals surface area (Å²) in [5, 5.41) is 3.40. The van der Waals surface area contributed by atoms with Crippen molar-refractivity contribution in [2.75, 3.05) is 5.32 Å². The van der Waals surface area contributed by atoms with Crippen molar-refractivity contribution in [3.8, 4) is 11.1 Å². The molecule has 0 amide bonds. The number of aromatic nitrogens is 3. The van der Waals surface area contributed by atoms with Crippen LogP contribution in [0.2, 0.25) is 0 Å². The van der Waals surface area contributed by atoms with Crippen LogP contribution in [0.5, 0.6) is 0 Å². The Bertz CT molecular complexity index is 963. The van der Waals surface area contributed by atoms with Gasteiger partial charge in [-0.05, 0) is 41.2 Å². The van der Waals surface area contributed by atoms with E-state index in [-0.39, 0.29) is 0 Å². The minimum atomic E-state index is 0.756. The number of rotatable bonds is 3. The SMILES string of the molecule is Cc1c(Nc2nsc3nccnc23)cccc1-c1ccccc1. The van der Waals surface area contributed by atoms with E-state index in [1.165, 1.54) is 28.2 Å². The predicted octanol–water partition coefficient (Wildman–Crippen LogP) is 4.81. The summed E-state index contributed by atoms with van der Waals surface area (Å²) in [5.74, 6) is 0.756. The van der Waals surface area contributed by atoms with E-state index in [2.05, 4.69) is 69.0 Å². The zero-order valence-corrected chi connectivity index (χ0v) is 13.3. The van der Waals surface area contributed by atoms with E-state index in [1.807, 2.05) is 6.07 Å². The van der Waals surface area contributed by atoms with E-state index in [4.69, 9.17) is 0 Å². The number of nitrogens with one attached hydrogen (secondary N) is 1. The molecule has 1 N–H and O–H groups in total. The third-order valence-corrected chi connectivity index (χ3v) is 4.53. The van der Waals surface area contributed by atoms with Gasteiger partial charge in [-0.1, -0.05) is 42.5 Å². The standard InChI is InChI=1S/C18H14N4S/c1-12-14(13-6-3-2-4-7-13)8-5-9-15(12)21-17-16-18(23-22-17)20-11-10-19-16/h2-11H,1H3,(H,21,22). The van der Waals surface area contributed by atoms with Gasteiger partial charge in [0.1, 0.15) is 5.52 Å². The fourth-order valence-corrected chi connectivity index (χ4v) is 3.25. The first-order valence-corrected chi connectivity index (χ1v) is 8.09. The molecular weight excluding hydrogens is 304 g/mol. The molecule has 2 aromatic carbocycles. The number of hydrogen-bond acceptors (Lipinski definition) is 5. The predicted molar refractivity (Wildman–Crippen MR) is 95.1 cm³/mol. The molecule has 0 aliphatic rings. The van der Waals surface area contributed by atoms with E-state index in [0.29, 0.717) is 0 Å². The molecule has 2 aromatic heterocycles. The molecule has 4 nitrogen and oxygen atoms in total. The summed E-state index contributed by atoms with van der Waals surface area (Å²) in [6.45, 7) is 2.12. The molecule has 23 heavy (non-hydrogen) atoms. The summed E-state index contributed by atoms with van der Waals surface area (Å²) in [7, 11) is 0. The third-order valence-electron chi connectivity index (χ3n) is 3.78. The average molecular weight is 318 g/mol. The van der Waals surface area contributed by atoms with Crippen LogP contribution in [-0.2, 0) is 0 Å². The Morgan fingerprint density at radius 3 is 2.61 bits per heavy atom. The smallest absolute Gasteiger partial charge is 0.172 e. The normalized spacial score (nSPS) is 10.8. The Morgan fingerprint density at radius 1 is 0.913 bits per heavy atom. The van der Waals surface area contributed by atoms with Gasteiger partial charge >= 0.3 is 0 Å². The average Bonchev–Trinajstić information content (AvgIpc) is 3.01. The molecule has 0 bridgehead atoms. The lowest BCUT2D eigenvalue weighted by Crippen LogP contribution is -1.96.